The lowest BCUT2D eigenvalue weighted by Crippen LogP contribution is -2.34. The lowest BCUT2D eigenvalue weighted by atomic mass is 9.91. The molecule has 0 bridgehead atoms. The lowest BCUT2D eigenvalue weighted by molar-refractivity contribution is -0.123. The molecule has 7 nitrogen and oxygen atoms in total. The molecule has 9 heteroatoms. The molecule has 0 saturated carbocycles. The molecule has 0 spiro atoms. The number of anilines is 2. The number of hydrogen-bond acceptors (Lipinski definition) is 5. The van der Waals surface area contributed by atoms with E-state index in [1.165, 1.54) is 6.07 Å². The molecule has 2 aromatic carbocycles. The van der Waals surface area contributed by atoms with Crippen LogP contribution in [0.3, 0.4) is 0 Å². The fraction of sp³-hybridized carbons (Fsp3) is 0.217. The number of benzene rings is 2. The van der Waals surface area contributed by atoms with Crippen molar-refractivity contribution in [3.63, 3.8) is 0 Å². The minimum Gasteiger partial charge on any atom is -0.356 e. The predicted molar refractivity (Wildman–Crippen MR) is 113 cm³/mol. The van der Waals surface area contributed by atoms with Crippen LogP contribution in [0.1, 0.15) is 40.4 Å². The SMILES string of the molecule is O=C1NCc2nc(-c3c(F)cccc3F)nc(Nc3ccc(C4CCCNC4=O)cc3)c21. The van der Waals surface area contributed by atoms with Crippen LogP contribution in [0.4, 0.5) is 20.3 Å². The van der Waals surface area contributed by atoms with Crippen LogP contribution in [0, 0.1) is 11.6 Å². The Kier molecular flexibility index (Phi) is 5.01. The number of carbonyl (C=O) groups is 2. The van der Waals surface area contributed by atoms with Crippen molar-refractivity contribution in [2.45, 2.75) is 25.3 Å². The van der Waals surface area contributed by atoms with Crippen LogP contribution in [0.2, 0.25) is 0 Å². The first kappa shape index (κ1) is 20.0. The van der Waals surface area contributed by atoms with Crippen molar-refractivity contribution in [2.24, 2.45) is 0 Å². The molecule has 1 aromatic heterocycles. The number of amides is 2. The molecule has 1 fully saturated rings. The van der Waals surface area contributed by atoms with Crippen molar-refractivity contribution in [2.75, 3.05) is 11.9 Å². The summed E-state index contributed by atoms with van der Waals surface area (Å²) in [6, 6.07) is 10.8. The highest BCUT2D eigenvalue weighted by Crippen LogP contribution is 2.31. The molecule has 32 heavy (non-hydrogen) atoms. The molecule has 2 aliphatic rings. The normalized spacial score (nSPS) is 17.5. The highest BCUT2D eigenvalue weighted by atomic mass is 19.1. The zero-order valence-electron chi connectivity index (χ0n) is 16.9. The van der Waals surface area contributed by atoms with Gasteiger partial charge in [-0.15, -0.1) is 0 Å². The Morgan fingerprint density at radius 3 is 2.41 bits per heavy atom. The number of hydrogen-bond donors (Lipinski definition) is 3. The first-order valence-electron chi connectivity index (χ1n) is 10.3. The van der Waals surface area contributed by atoms with Crippen molar-refractivity contribution in [1.82, 2.24) is 20.6 Å². The summed E-state index contributed by atoms with van der Waals surface area (Å²) in [6.07, 6.45) is 1.71. The second kappa shape index (κ2) is 7.99. The average molecular weight is 435 g/mol. The Labute approximate surface area is 182 Å². The lowest BCUT2D eigenvalue weighted by Gasteiger charge is -2.22. The molecule has 1 atom stereocenters. The summed E-state index contributed by atoms with van der Waals surface area (Å²) in [4.78, 5) is 32.9. The van der Waals surface area contributed by atoms with Crippen LogP contribution in [0.25, 0.3) is 11.4 Å². The zero-order valence-corrected chi connectivity index (χ0v) is 16.9. The molecular formula is C23H19F2N5O2. The minimum absolute atomic E-state index is 0.0128. The molecule has 2 aliphatic heterocycles. The van der Waals surface area contributed by atoms with Gasteiger partial charge in [0.15, 0.2) is 5.82 Å². The van der Waals surface area contributed by atoms with Crippen LogP contribution in [-0.2, 0) is 11.3 Å². The maximum absolute atomic E-state index is 14.3. The van der Waals surface area contributed by atoms with E-state index in [0.29, 0.717) is 17.9 Å². The fourth-order valence-corrected chi connectivity index (χ4v) is 4.07. The summed E-state index contributed by atoms with van der Waals surface area (Å²) in [5.41, 5.74) is 1.76. The Morgan fingerprint density at radius 2 is 1.69 bits per heavy atom. The smallest absolute Gasteiger partial charge is 0.257 e. The van der Waals surface area contributed by atoms with E-state index in [1.807, 2.05) is 12.1 Å². The zero-order chi connectivity index (χ0) is 22.2. The first-order valence-corrected chi connectivity index (χ1v) is 10.3. The van der Waals surface area contributed by atoms with Crippen molar-refractivity contribution in [3.8, 4) is 11.4 Å². The van der Waals surface area contributed by atoms with Gasteiger partial charge >= 0.3 is 0 Å². The molecule has 3 aromatic rings. The van der Waals surface area contributed by atoms with E-state index in [-0.39, 0.29) is 47.0 Å². The van der Waals surface area contributed by atoms with Gasteiger partial charge in [-0.25, -0.2) is 18.7 Å². The van der Waals surface area contributed by atoms with Gasteiger partial charge in [0.25, 0.3) is 5.91 Å². The van der Waals surface area contributed by atoms with Crippen LogP contribution in [-0.4, -0.2) is 28.3 Å². The highest BCUT2D eigenvalue weighted by molar-refractivity contribution is 6.03. The minimum atomic E-state index is -0.789. The largest absolute Gasteiger partial charge is 0.356 e. The third kappa shape index (κ3) is 3.55. The highest BCUT2D eigenvalue weighted by Gasteiger charge is 2.28. The fourth-order valence-electron chi connectivity index (χ4n) is 4.07. The summed E-state index contributed by atoms with van der Waals surface area (Å²) in [6.45, 7) is 0.838. The van der Waals surface area contributed by atoms with Crippen molar-refractivity contribution in [3.05, 3.63) is 70.9 Å². The number of aromatic nitrogens is 2. The monoisotopic (exact) mass is 435 g/mol. The van der Waals surface area contributed by atoms with Gasteiger partial charge in [0.05, 0.1) is 23.7 Å². The summed E-state index contributed by atoms with van der Waals surface area (Å²) >= 11 is 0. The number of rotatable bonds is 4. The quantitative estimate of drug-likeness (QED) is 0.584. The van der Waals surface area contributed by atoms with Gasteiger partial charge in [0.2, 0.25) is 5.91 Å². The van der Waals surface area contributed by atoms with E-state index in [1.54, 1.807) is 12.1 Å². The molecule has 5 rings (SSSR count). The Bertz CT molecular complexity index is 1210. The maximum Gasteiger partial charge on any atom is 0.257 e. The molecule has 0 aliphatic carbocycles. The summed E-state index contributed by atoms with van der Waals surface area (Å²) in [7, 11) is 0. The number of nitrogens with one attached hydrogen (secondary N) is 3. The first-order chi connectivity index (χ1) is 15.5. The molecule has 3 N–H and O–H groups in total. The number of halogens is 2. The van der Waals surface area contributed by atoms with Gasteiger partial charge in [-0.05, 0) is 42.7 Å². The van der Waals surface area contributed by atoms with Gasteiger partial charge in [0, 0.05) is 12.2 Å². The summed E-state index contributed by atoms with van der Waals surface area (Å²) in [5, 5.41) is 8.60. The average Bonchev–Trinajstić information content (AvgIpc) is 3.16. The number of carbonyl (C=O) groups excluding carboxylic acids is 2. The second-order valence-corrected chi connectivity index (χ2v) is 7.73. The second-order valence-electron chi connectivity index (χ2n) is 7.73. The van der Waals surface area contributed by atoms with Crippen molar-refractivity contribution < 1.29 is 18.4 Å². The molecule has 1 saturated heterocycles. The molecular weight excluding hydrogens is 416 g/mol. The third-order valence-electron chi connectivity index (χ3n) is 5.67. The van der Waals surface area contributed by atoms with E-state index in [0.717, 1.165) is 30.5 Å². The molecule has 162 valence electrons. The topological polar surface area (TPSA) is 96.0 Å². The third-order valence-corrected chi connectivity index (χ3v) is 5.67. The molecule has 2 amide bonds. The van der Waals surface area contributed by atoms with Gasteiger partial charge in [-0.3, -0.25) is 9.59 Å². The molecule has 3 heterocycles. The van der Waals surface area contributed by atoms with Crippen LogP contribution < -0.4 is 16.0 Å². The summed E-state index contributed by atoms with van der Waals surface area (Å²) in [5.74, 6) is -2.11. The van der Waals surface area contributed by atoms with Crippen molar-refractivity contribution >= 4 is 23.3 Å². The number of piperidine rings is 1. The molecule has 0 radical (unpaired) electrons. The van der Waals surface area contributed by atoms with E-state index < -0.39 is 11.6 Å². The van der Waals surface area contributed by atoms with Gasteiger partial charge in [0.1, 0.15) is 23.0 Å². The van der Waals surface area contributed by atoms with E-state index in [4.69, 9.17) is 0 Å². The van der Waals surface area contributed by atoms with Crippen LogP contribution >= 0.6 is 0 Å². The van der Waals surface area contributed by atoms with Crippen LogP contribution in [0.15, 0.2) is 42.5 Å². The predicted octanol–water partition coefficient (Wildman–Crippen LogP) is 3.40. The Balaban J connectivity index is 1.50. The number of nitrogens with zero attached hydrogens (tertiary/aromatic N) is 2. The van der Waals surface area contributed by atoms with E-state index in [2.05, 4.69) is 25.9 Å². The molecule has 1 unspecified atom stereocenters. The van der Waals surface area contributed by atoms with Crippen molar-refractivity contribution in [1.29, 1.82) is 0 Å². The van der Waals surface area contributed by atoms with Gasteiger partial charge in [-0.2, -0.15) is 0 Å². The van der Waals surface area contributed by atoms with Gasteiger partial charge < -0.3 is 16.0 Å². The van der Waals surface area contributed by atoms with Gasteiger partial charge in [-0.1, -0.05) is 18.2 Å². The Morgan fingerprint density at radius 1 is 0.938 bits per heavy atom. The van der Waals surface area contributed by atoms with E-state index in [9.17, 15) is 18.4 Å². The Hall–Kier alpha value is -3.88. The summed E-state index contributed by atoms with van der Waals surface area (Å²) < 4.78 is 28.6. The number of fused-ring (bicyclic) bond motifs is 1. The van der Waals surface area contributed by atoms with E-state index >= 15 is 0 Å². The standard InChI is InChI=1S/C23H19F2N5O2/c24-15-4-1-5-16(25)18(15)20-29-17-11-27-23(32)19(17)21(30-20)28-13-8-6-12(7-9-13)14-3-2-10-26-22(14)31/h1,4-9,14H,2-3,10-11H2,(H,26,31)(H,27,32)(H,28,29,30). The maximum atomic E-state index is 14.3. The van der Waals surface area contributed by atoms with Crippen LogP contribution in [0.5, 0.6) is 0 Å².